The quantitative estimate of drug-likeness (QED) is 0.878. The van der Waals surface area contributed by atoms with E-state index < -0.39 is 0 Å². The molecule has 2 aromatic rings. The average molecular weight is 274 g/mol. The SMILES string of the molecule is CCCn1ncnc1COc1c(C)cc(CN)cc1C. The van der Waals surface area contributed by atoms with Crippen molar-refractivity contribution in [3.05, 3.63) is 41.0 Å². The molecule has 2 rings (SSSR count). The smallest absolute Gasteiger partial charge is 0.164 e. The lowest BCUT2D eigenvalue weighted by atomic mass is 10.1. The molecule has 2 N–H and O–H groups in total. The normalized spacial score (nSPS) is 10.8. The van der Waals surface area contributed by atoms with E-state index in [-0.39, 0.29) is 0 Å². The van der Waals surface area contributed by atoms with E-state index in [0.29, 0.717) is 13.2 Å². The molecule has 1 heterocycles. The van der Waals surface area contributed by atoms with Crippen LogP contribution in [0.25, 0.3) is 0 Å². The van der Waals surface area contributed by atoms with Crippen molar-refractivity contribution in [1.29, 1.82) is 0 Å². The van der Waals surface area contributed by atoms with Gasteiger partial charge in [-0.15, -0.1) is 0 Å². The maximum atomic E-state index is 5.93. The lowest BCUT2D eigenvalue weighted by molar-refractivity contribution is 0.282. The fraction of sp³-hybridized carbons (Fsp3) is 0.467. The second-order valence-corrected chi connectivity index (χ2v) is 4.95. The molecular formula is C15H22N4O. The van der Waals surface area contributed by atoms with Gasteiger partial charge in [-0.25, -0.2) is 9.67 Å². The van der Waals surface area contributed by atoms with Gasteiger partial charge in [0.15, 0.2) is 5.82 Å². The molecule has 0 bridgehead atoms. The minimum absolute atomic E-state index is 0.434. The van der Waals surface area contributed by atoms with E-state index in [4.69, 9.17) is 10.5 Å². The molecule has 20 heavy (non-hydrogen) atoms. The van der Waals surface area contributed by atoms with Crippen molar-refractivity contribution in [2.75, 3.05) is 0 Å². The first-order valence-electron chi connectivity index (χ1n) is 6.95. The summed E-state index contributed by atoms with van der Waals surface area (Å²) >= 11 is 0. The van der Waals surface area contributed by atoms with E-state index in [0.717, 1.165) is 41.2 Å². The zero-order valence-corrected chi connectivity index (χ0v) is 12.4. The van der Waals surface area contributed by atoms with Gasteiger partial charge in [0, 0.05) is 13.1 Å². The lowest BCUT2D eigenvalue weighted by Gasteiger charge is -2.13. The second kappa shape index (κ2) is 6.52. The predicted octanol–water partition coefficient (Wildman–Crippen LogP) is 2.34. The van der Waals surface area contributed by atoms with Gasteiger partial charge >= 0.3 is 0 Å². The molecule has 1 aromatic carbocycles. The summed E-state index contributed by atoms with van der Waals surface area (Å²) in [4.78, 5) is 4.25. The number of rotatable bonds is 6. The molecule has 0 aliphatic carbocycles. The third-order valence-electron chi connectivity index (χ3n) is 3.23. The van der Waals surface area contributed by atoms with Gasteiger partial charge in [-0.2, -0.15) is 5.10 Å². The summed E-state index contributed by atoms with van der Waals surface area (Å²) in [5.41, 5.74) is 9.01. The highest BCUT2D eigenvalue weighted by molar-refractivity contribution is 5.43. The molecule has 1 aromatic heterocycles. The first kappa shape index (κ1) is 14.5. The van der Waals surface area contributed by atoms with E-state index in [1.165, 1.54) is 0 Å². The third kappa shape index (κ3) is 3.17. The maximum absolute atomic E-state index is 5.93. The van der Waals surface area contributed by atoms with Crippen molar-refractivity contribution >= 4 is 0 Å². The summed E-state index contributed by atoms with van der Waals surface area (Å²) in [7, 11) is 0. The average Bonchev–Trinajstić information content (AvgIpc) is 2.85. The maximum Gasteiger partial charge on any atom is 0.164 e. The molecule has 108 valence electrons. The fourth-order valence-corrected chi connectivity index (χ4v) is 2.32. The Morgan fingerprint density at radius 3 is 2.55 bits per heavy atom. The van der Waals surface area contributed by atoms with Crippen molar-refractivity contribution in [2.45, 2.75) is 46.9 Å². The van der Waals surface area contributed by atoms with Gasteiger partial charge in [0.25, 0.3) is 0 Å². The summed E-state index contributed by atoms with van der Waals surface area (Å²) < 4.78 is 7.82. The van der Waals surface area contributed by atoms with Gasteiger partial charge in [0.05, 0.1) is 0 Å². The van der Waals surface area contributed by atoms with Crippen LogP contribution in [0, 0.1) is 13.8 Å². The van der Waals surface area contributed by atoms with E-state index in [9.17, 15) is 0 Å². The van der Waals surface area contributed by atoms with Gasteiger partial charge in [-0.05, 0) is 37.0 Å². The molecular weight excluding hydrogens is 252 g/mol. The summed E-state index contributed by atoms with van der Waals surface area (Å²) in [5, 5.41) is 4.20. The lowest BCUT2D eigenvalue weighted by Crippen LogP contribution is -2.09. The molecule has 5 heteroatoms. The Bertz CT molecular complexity index is 554. The van der Waals surface area contributed by atoms with Crippen molar-refractivity contribution < 1.29 is 4.74 Å². The van der Waals surface area contributed by atoms with Crippen LogP contribution in [0.5, 0.6) is 5.75 Å². The molecule has 0 fully saturated rings. The molecule has 0 atom stereocenters. The first-order valence-corrected chi connectivity index (χ1v) is 6.95. The minimum atomic E-state index is 0.434. The highest BCUT2D eigenvalue weighted by Gasteiger charge is 2.09. The summed E-state index contributed by atoms with van der Waals surface area (Å²) in [6.45, 7) is 8.04. The second-order valence-electron chi connectivity index (χ2n) is 4.95. The number of hydrogen-bond acceptors (Lipinski definition) is 4. The zero-order chi connectivity index (χ0) is 14.5. The van der Waals surface area contributed by atoms with Crippen molar-refractivity contribution in [3.8, 4) is 5.75 Å². The summed E-state index contributed by atoms with van der Waals surface area (Å²) in [6, 6.07) is 4.14. The molecule has 0 saturated carbocycles. The monoisotopic (exact) mass is 274 g/mol. The van der Waals surface area contributed by atoms with E-state index in [1.54, 1.807) is 6.33 Å². The summed E-state index contributed by atoms with van der Waals surface area (Å²) in [6.07, 6.45) is 2.60. The number of aromatic nitrogens is 3. The van der Waals surface area contributed by atoms with Crippen molar-refractivity contribution in [3.63, 3.8) is 0 Å². The van der Waals surface area contributed by atoms with Crippen LogP contribution in [0.3, 0.4) is 0 Å². The Morgan fingerprint density at radius 1 is 1.25 bits per heavy atom. The molecule has 0 aliphatic rings. The topological polar surface area (TPSA) is 66.0 Å². The van der Waals surface area contributed by atoms with Crippen LogP contribution in [-0.4, -0.2) is 14.8 Å². The van der Waals surface area contributed by atoms with E-state index in [1.807, 2.05) is 18.5 Å². The molecule has 5 nitrogen and oxygen atoms in total. The molecule has 0 radical (unpaired) electrons. The number of ether oxygens (including phenoxy) is 1. The predicted molar refractivity (Wildman–Crippen MR) is 78.5 cm³/mol. The highest BCUT2D eigenvalue weighted by atomic mass is 16.5. The van der Waals surface area contributed by atoms with Crippen LogP contribution in [-0.2, 0) is 19.7 Å². The van der Waals surface area contributed by atoms with Crippen LogP contribution < -0.4 is 10.5 Å². The van der Waals surface area contributed by atoms with Gasteiger partial charge in [0.2, 0.25) is 0 Å². The Labute approximate surface area is 119 Å². The van der Waals surface area contributed by atoms with E-state index >= 15 is 0 Å². The first-order chi connectivity index (χ1) is 9.65. The Kier molecular flexibility index (Phi) is 4.74. The van der Waals surface area contributed by atoms with Gasteiger partial charge in [-0.3, -0.25) is 0 Å². The van der Waals surface area contributed by atoms with Gasteiger partial charge < -0.3 is 10.5 Å². The van der Waals surface area contributed by atoms with Crippen molar-refractivity contribution in [1.82, 2.24) is 14.8 Å². The number of aryl methyl sites for hydroxylation is 3. The molecule has 0 unspecified atom stereocenters. The van der Waals surface area contributed by atoms with Crippen LogP contribution in [0.2, 0.25) is 0 Å². The van der Waals surface area contributed by atoms with Crippen molar-refractivity contribution in [2.24, 2.45) is 5.73 Å². The van der Waals surface area contributed by atoms with E-state index in [2.05, 4.69) is 29.1 Å². The number of benzene rings is 1. The summed E-state index contributed by atoms with van der Waals surface area (Å²) in [5.74, 6) is 1.77. The third-order valence-corrected chi connectivity index (χ3v) is 3.23. The van der Waals surface area contributed by atoms with Crippen LogP contribution in [0.1, 0.15) is 35.9 Å². The molecule has 0 amide bonds. The zero-order valence-electron chi connectivity index (χ0n) is 12.4. The van der Waals surface area contributed by atoms with Crippen LogP contribution in [0.4, 0.5) is 0 Å². The van der Waals surface area contributed by atoms with Crippen LogP contribution in [0.15, 0.2) is 18.5 Å². The molecule has 0 saturated heterocycles. The standard InChI is InChI=1S/C15H22N4O/c1-4-5-19-14(17-10-18-19)9-20-15-11(2)6-13(8-16)7-12(15)3/h6-7,10H,4-5,8-9,16H2,1-3H3. The Balaban J connectivity index is 2.13. The molecule has 0 aliphatic heterocycles. The Hall–Kier alpha value is -1.88. The largest absolute Gasteiger partial charge is 0.485 e. The number of nitrogens with zero attached hydrogens (tertiary/aromatic N) is 3. The van der Waals surface area contributed by atoms with Gasteiger partial charge in [0.1, 0.15) is 18.7 Å². The number of nitrogens with two attached hydrogens (primary N) is 1. The number of hydrogen-bond donors (Lipinski definition) is 1. The fourth-order valence-electron chi connectivity index (χ4n) is 2.32. The Morgan fingerprint density at radius 2 is 1.95 bits per heavy atom. The molecule has 0 spiro atoms. The highest BCUT2D eigenvalue weighted by Crippen LogP contribution is 2.25. The minimum Gasteiger partial charge on any atom is -0.485 e. The van der Waals surface area contributed by atoms with Crippen LogP contribution >= 0.6 is 0 Å². The van der Waals surface area contributed by atoms with Gasteiger partial charge in [-0.1, -0.05) is 19.1 Å².